The maximum Gasteiger partial charge on any atom is 0.272 e. The summed E-state index contributed by atoms with van der Waals surface area (Å²) in [5, 5.41) is 6.94. The molecule has 0 radical (unpaired) electrons. The average molecular weight is 348 g/mol. The normalized spacial score (nSPS) is 15.3. The van der Waals surface area contributed by atoms with Crippen LogP contribution in [0.15, 0.2) is 34.8 Å². The molecular weight excluding hydrogens is 334 g/mol. The molecule has 6 heteroatoms. The molecule has 5 nitrogen and oxygen atoms in total. The second-order valence-electron chi connectivity index (χ2n) is 5.04. The van der Waals surface area contributed by atoms with Gasteiger partial charge in [-0.05, 0) is 24.6 Å². The Balaban J connectivity index is 1.79. The Bertz CT molecular complexity index is 678. The number of nitrogens with zero attached hydrogens (tertiary/aromatic N) is 2. The zero-order valence-corrected chi connectivity index (χ0v) is 12.9. The molecule has 2 aromatic rings. The summed E-state index contributed by atoms with van der Waals surface area (Å²) in [6.07, 6.45) is 1.30. The summed E-state index contributed by atoms with van der Waals surface area (Å²) >= 11 is 3.38. The van der Waals surface area contributed by atoms with Crippen LogP contribution in [0.1, 0.15) is 23.3 Å². The van der Waals surface area contributed by atoms with Crippen molar-refractivity contribution in [1.29, 1.82) is 0 Å². The minimum Gasteiger partial charge on any atom is -0.330 e. The molecule has 1 fully saturated rings. The number of carbonyl (C=O) groups excluding carboxylic acids is 2. The number of benzene rings is 1. The first-order valence-electron chi connectivity index (χ1n) is 6.76. The highest BCUT2D eigenvalue weighted by atomic mass is 79.9. The van der Waals surface area contributed by atoms with Gasteiger partial charge in [0, 0.05) is 23.0 Å². The van der Waals surface area contributed by atoms with Crippen molar-refractivity contribution in [2.24, 2.45) is 0 Å². The maximum atomic E-state index is 12.3. The smallest absolute Gasteiger partial charge is 0.272 e. The monoisotopic (exact) mass is 347 g/mol. The summed E-state index contributed by atoms with van der Waals surface area (Å²) in [6.45, 7) is 0.822. The van der Waals surface area contributed by atoms with Crippen LogP contribution in [0.5, 0.6) is 0 Å². The van der Waals surface area contributed by atoms with Crippen molar-refractivity contribution >= 4 is 27.6 Å². The molecule has 0 saturated carbocycles. The lowest BCUT2D eigenvalue weighted by Gasteiger charge is -2.24. The number of ketones is 1. The van der Waals surface area contributed by atoms with Crippen molar-refractivity contribution in [3.8, 4) is 11.3 Å². The largest absolute Gasteiger partial charge is 0.330 e. The van der Waals surface area contributed by atoms with Gasteiger partial charge >= 0.3 is 0 Å². The Labute approximate surface area is 130 Å². The first kappa shape index (κ1) is 14.0. The number of hydrogen-bond acceptors (Lipinski definition) is 3. The Morgan fingerprint density at radius 1 is 1.29 bits per heavy atom. The number of aromatic amines is 1. The Morgan fingerprint density at radius 2 is 2.05 bits per heavy atom. The van der Waals surface area contributed by atoms with Crippen molar-refractivity contribution in [2.45, 2.75) is 12.8 Å². The first-order valence-corrected chi connectivity index (χ1v) is 7.55. The quantitative estimate of drug-likeness (QED) is 0.907. The molecule has 1 aliphatic heterocycles. The van der Waals surface area contributed by atoms with Crippen molar-refractivity contribution < 1.29 is 9.59 Å². The van der Waals surface area contributed by atoms with Crippen LogP contribution in [0.4, 0.5) is 0 Å². The van der Waals surface area contributed by atoms with Crippen LogP contribution in [-0.4, -0.2) is 39.9 Å². The zero-order chi connectivity index (χ0) is 14.8. The van der Waals surface area contributed by atoms with Gasteiger partial charge in [-0.2, -0.15) is 5.10 Å². The molecule has 1 aromatic heterocycles. The van der Waals surface area contributed by atoms with Gasteiger partial charge in [0.15, 0.2) is 5.78 Å². The minimum absolute atomic E-state index is 0.113. The van der Waals surface area contributed by atoms with E-state index in [1.807, 2.05) is 24.3 Å². The van der Waals surface area contributed by atoms with Gasteiger partial charge in [-0.15, -0.1) is 0 Å². The fraction of sp³-hybridized carbons (Fsp3) is 0.267. The number of piperidine rings is 1. The van der Waals surface area contributed by atoms with Gasteiger partial charge in [-0.25, -0.2) is 0 Å². The number of halogens is 1. The molecule has 1 amide bonds. The SMILES string of the molecule is O=C1CCCN(C(=O)c2cc(-c3ccc(Br)cc3)n[nH]2)C1. The third kappa shape index (κ3) is 3.05. The summed E-state index contributed by atoms with van der Waals surface area (Å²) in [7, 11) is 0. The van der Waals surface area contributed by atoms with Gasteiger partial charge in [0.1, 0.15) is 5.69 Å². The Morgan fingerprint density at radius 3 is 2.76 bits per heavy atom. The topological polar surface area (TPSA) is 66.1 Å². The van der Waals surface area contributed by atoms with E-state index in [1.165, 1.54) is 0 Å². The van der Waals surface area contributed by atoms with Gasteiger partial charge in [0.2, 0.25) is 0 Å². The number of nitrogens with one attached hydrogen (secondary N) is 1. The van der Waals surface area contributed by atoms with E-state index in [0.29, 0.717) is 24.4 Å². The number of likely N-dealkylation sites (tertiary alicyclic amines) is 1. The second-order valence-corrected chi connectivity index (χ2v) is 5.96. The fourth-order valence-corrected chi connectivity index (χ4v) is 2.65. The summed E-state index contributed by atoms with van der Waals surface area (Å²) in [6, 6.07) is 9.44. The molecule has 1 aliphatic rings. The molecule has 0 bridgehead atoms. The third-order valence-electron chi connectivity index (χ3n) is 3.49. The van der Waals surface area contributed by atoms with E-state index in [2.05, 4.69) is 26.1 Å². The maximum absolute atomic E-state index is 12.3. The zero-order valence-electron chi connectivity index (χ0n) is 11.3. The average Bonchev–Trinajstić information content (AvgIpc) is 2.97. The molecule has 0 atom stereocenters. The standard InChI is InChI=1S/C15H14BrN3O2/c16-11-5-3-10(4-6-11)13-8-14(18-17-13)15(21)19-7-1-2-12(20)9-19/h3-6,8H,1-2,7,9H2,(H,17,18). The van der Waals surface area contributed by atoms with Crippen LogP contribution in [0.3, 0.4) is 0 Å². The molecule has 1 N–H and O–H groups in total. The lowest BCUT2D eigenvalue weighted by atomic mass is 10.1. The molecular formula is C15H14BrN3O2. The van der Waals surface area contributed by atoms with Crippen LogP contribution in [0, 0.1) is 0 Å². The van der Waals surface area contributed by atoms with E-state index in [4.69, 9.17) is 0 Å². The van der Waals surface area contributed by atoms with Crippen LogP contribution in [0.2, 0.25) is 0 Å². The highest BCUT2D eigenvalue weighted by Crippen LogP contribution is 2.21. The molecule has 0 unspecified atom stereocenters. The Hall–Kier alpha value is -1.95. The number of aromatic nitrogens is 2. The van der Waals surface area contributed by atoms with Crippen molar-refractivity contribution in [1.82, 2.24) is 15.1 Å². The van der Waals surface area contributed by atoms with E-state index in [9.17, 15) is 9.59 Å². The van der Waals surface area contributed by atoms with Crippen molar-refractivity contribution in [2.75, 3.05) is 13.1 Å². The number of amides is 1. The molecule has 108 valence electrons. The third-order valence-corrected chi connectivity index (χ3v) is 4.01. The number of carbonyl (C=O) groups is 2. The predicted molar refractivity (Wildman–Crippen MR) is 81.9 cm³/mol. The van der Waals surface area contributed by atoms with Gasteiger partial charge in [-0.3, -0.25) is 14.7 Å². The van der Waals surface area contributed by atoms with Gasteiger partial charge in [0.05, 0.1) is 12.2 Å². The minimum atomic E-state index is -0.168. The summed E-state index contributed by atoms with van der Waals surface area (Å²) in [5.74, 6) is -0.0545. The van der Waals surface area contributed by atoms with E-state index in [0.717, 1.165) is 16.5 Å². The van der Waals surface area contributed by atoms with Gasteiger partial charge < -0.3 is 4.90 Å². The number of Topliss-reactive ketones (excluding diaryl/α,β-unsaturated/α-hetero) is 1. The lowest BCUT2D eigenvalue weighted by molar-refractivity contribution is -0.121. The second kappa shape index (κ2) is 5.81. The molecule has 3 rings (SSSR count). The van der Waals surface area contributed by atoms with Gasteiger partial charge in [-0.1, -0.05) is 28.1 Å². The van der Waals surface area contributed by atoms with E-state index >= 15 is 0 Å². The van der Waals surface area contributed by atoms with Crippen LogP contribution < -0.4 is 0 Å². The summed E-state index contributed by atoms with van der Waals surface area (Å²) < 4.78 is 0.991. The number of hydrogen-bond donors (Lipinski definition) is 1. The molecule has 0 spiro atoms. The highest BCUT2D eigenvalue weighted by Gasteiger charge is 2.24. The van der Waals surface area contributed by atoms with E-state index in [-0.39, 0.29) is 18.2 Å². The molecule has 21 heavy (non-hydrogen) atoms. The van der Waals surface area contributed by atoms with E-state index in [1.54, 1.807) is 11.0 Å². The Kier molecular flexibility index (Phi) is 3.88. The van der Waals surface area contributed by atoms with Crippen LogP contribution in [-0.2, 0) is 4.79 Å². The summed E-state index contributed by atoms with van der Waals surface area (Å²) in [5.41, 5.74) is 2.07. The van der Waals surface area contributed by atoms with Gasteiger partial charge in [0.25, 0.3) is 5.91 Å². The molecule has 0 aliphatic carbocycles. The highest BCUT2D eigenvalue weighted by molar-refractivity contribution is 9.10. The van der Waals surface area contributed by atoms with Crippen molar-refractivity contribution in [3.63, 3.8) is 0 Å². The summed E-state index contributed by atoms with van der Waals surface area (Å²) in [4.78, 5) is 25.4. The van der Waals surface area contributed by atoms with E-state index < -0.39 is 0 Å². The fourth-order valence-electron chi connectivity index (χ4n) is 2.38. The molecule has 2 heterocycles. The van der Waals surface area contributed by atoms with Crippen LogP contribution in [0.25, 0.3) is 11.3 Å². The molecule has 1 aromatic carbocycles. The first-order chi connectivity index (χ1) is 10.1. The predicted octanol–water partition coefficient (Wildman–Crippen LogP) is 2.64. The van der Waals surface area contributed by atoms with Crippen molar-refractivity contribution in [3.05, 3.63) is 40.5 Å². The molecule has 1 saturated heterocycles. The lowest BCUT2D eigenvalue weighted by Crippen LogP contribution is -2.40. The van der Waals surface area contributed by atoms with Crippen LogP contribution >= 0.6 is 15.9 Å². The number of rotatable bonds is 2. The number of H-pyrrole nitrogens is 1.